The molecule has 2 unspecified atom stereocenters. The smallest absolute Gasteiger partial charge is 0.193 e. The van der Waals surface area contributed by atoms with Gasteiger partial charge in [0.15, 0.2) is 5.96 Å². The molecule has 4 nitrogen and oxygen atoms in total. The predicted octanol–water partition coefficient (Wildman–Crippen LogP) is 4.52. The average molecular weight is 388 g/mol. The Labute approximate surface area is 151 Å². The third-order valence-electron chi connectivity index (χ3n) is 3.86. The minimum absolute atomic E-state index is 0.167. The zero-order chi connectivity index (χ0) is 17.1. The predicted molar refractivity (Wildman–Crippen MR) is 103 cm³/mol. The molecule has 3 rings (SSSR count). The van der Waals surface area contributed by atoms with E-state index in [9.17, 15) is 0 Å². The van der Waals surface area contributed by atoms with E-state index in [2.05, 4.69) is 50.5 Å². The maximum atomic E-state index is 6.03. The molecule has 1 fully saturated rings. The Bertz CT molecular complexity index is 710. The molecule has 0 heterocycles. The molecule has 0 saturated heterocycles. The number of nitrogens with two attached hydrogens (primary N) is 1. The standard InChI is InChI=1S/C19H22BrN3O/c1-12(2)24-16-9-7-15(8-10-16)22-19(21)23-18-11-17(18)13-3-5-14(20)6-4-13/h3-10,12,17-18H,11H2,1-2H3,(H3,21,22,23). The van der Waals surface area contributed by atoms with Gasteiger partial charge in [-0.15, -0.1) is 0 Å². The summed E-state index contributed by atoms with van der Waals surface area (Å²) in [7, 11) is 0. The van der Waals surface area contributed by atoms with Crippen LogP contribution in [0.2, 0.25) is 0 Å². The van der Waals surface area contributed by atoms with Crippen LogP contribution in [0.4, 0.5) is 5.69 Å². The van der Waals surface area contributed by atoms with Gasteiger partial charge in [0.2, 0.25) is 0 Å². The van der Waals surface area contributed by atoms with Crippen LogP contribution < -0.4 is 15.8 Å². The van der Waals surface area contributed by atoms with E-state index in [1.54, 1.807) is 0 Å². The first kappa shape index (κ1) is 16.8. The summed E-state index contributed by atoms with van der Waals surface area (Å²) < 4.78 is 6.72. The minimum atomic E-state index is 0.167. The fraction of sp³-hybridized carbons (Fsp3) is 0.316. The first-order valence-corrected chi connectivity index (χ1v) is 8.93. The second-order valence-corrected chi connectivity index (χ2v) is 7.21. The second kappa shape index (κ2) is 7.26. The van der Waals surface area contributed by atoms with Crippen LogP contribution in [0, 0.1) is 0 Å². The van der Waals surface area contributed by atoms with E-state index < -0.39 is 0 Å². The van der Waals surface area contributed by atoms with Crippen LogP contribution in [0.3, 0.4) is 0 Å². The first-order valence-electron chi connectivity index (χ1n) is 8.14. The number of nitrogens with one attached hydrogen (secondary N) is 1. The van der Waals surface area contributed by atoms with E-state index in [1.165, 1.54) is 5.56 Å². The maximum Gasteiger partial charge on any atom is 0.193 e. The van der Waals surface area contributed by atoms with Crippen molar-refractivity contribution in [3.63, 3.8) is 0 Å². The number of halogens is 1. The highest BCUT2D eigenvalue weighted by atomic mass is 79.9. The lowest BCUT2D eigenvalue weighted by molar-refractivity contribution is 0.242. The summed E-state index contributed by atoms with van der Waals surface area (Å²) in [5.41, 5.74) is 8.26. The van der Waals surface area contributed by atoms with Gasteiger partial charge in [-0.3, -0.25) is 0 Å². The molecule has 24 heavy (non-hydrogen) atoms. The molecule has 126 valence electrons. The molecule has 5 heteroatoms. The number of anilines is 1. The molecular weight excluding hydrogens is 366 g/mol. The zero-order valence-electron chi connectivity index (χ0n) is 13.9. The molecule has 0 spiro atoms. The molecule has 0 amide bonds. The Morgan fingerprint density at radius 2 is 1.83 bits per heavy atom. The summed E-state index contributed by atoms with van der Waals surface area (Å²) in [6, 6.07) is 16.4. The molecule has 0 bridgehead atoms. The normalized spacial score (nSPS) is 20.1. The van der Waals surface area contributed by atoms with Crippen molar-refractivity contribution in [2.75, 3.05) is 5.32 Å². The Hall–Kier alpha value is -2.01. The number of guanidine groups is 1. The molecule has 0 radical (unpaired) electrons. The highest BCUT2D eigenvalue weighted by Crippen LogP contribution is 2.43. The largest absolute Gasteiger partial charge is 0.491 e. The molecule has 2 aromatic rings. The fourth-order valence-corrected chi connectivity index (χ4v) is 2.90. The Morgan fingerprint density at radius 3 is 2.46 bits per heavy atom. The van der Waals surface area contributed by atoms with Gasteiger partial charge >= 0.3 is 0 Å². The molecule has 2 atom stereocenters. The maximum absolute atomic E-state index is 6.03. The van der Waals surface area contributed by atoms with Crippen molar-refractivity contribution < 1.29 is 4.74 Å². The fourth-order valence-electron chi connectivity index (χ4n) is 2.64. The van der Waals surface area contributed by atoms with Crippen LogP contribution in [0.5, 0.6) is 5.75 Å². The lowest BCUT2D eigenvalue weighted by Crippen LogP contribution is -2.23. The summed E-state index contributed by atoms with van der Waals surface area (Å²) in [5.74, 6) is 1.78. The SMILES string of the molecule is CC(C)Oc1ccc(NC(N)=NC2CC2c2ccc(Br)cc2)cc1. The van der Waals surface area contributed by atoms with E-state index in [0.717, 1.165) is 22.3 Å². The third kappa shape index (κ3) is 4.51. The summed E-state index contributed by atoms with van der Waals surface area (Å²) in [6.07, 6.45) is 1.21. The number of rotatable bonds is 5. The quantitative estimate of drug-likeness (QED) is 0.585. The number of hydrogen-bond acceptors (Lipinski definition) is 2. The van der Waals surface area contributed by atoms with Crippen molar-refractivity contribution in [1.29, 1.82) is 0 Å². The van der Waals surface area contributed by atoms with Gasteiger partial charge in [0.25, 0.3) is 0 Å². The molecule has 0 aliphatic heterocycles. The molecular formula is C19H22BrN3O. The van der Waals surface area contributed by atoms with Crippen LogP contribution in [0.15, 0.2) is 58.0 Å². The van der Waals surface area contributed by atoms with Gasteiger partial charge < -0.3 is 15.8 Å². The molecule has 1 aliphatic carbocycles. The number of ether oxygens (including phenoxy) is 1. The zero-order valence-corrected chi connectivity index (χ0v) is 15.5. The number of hydrogen-bond donors (Lipinski definition) is 2. The van der Waals surface area contributed by atoms with Crippen molar-refractivity contribution in [3.8, 4) is 5.75 Å². The highest BCUT2D eigenvalue weighted by molar-refractivity contribution is 9.10. The van der Waals surface area contributed by atoms with Crippen LogP contribution in [0.1, 0.15) is 31.7 Å². The molecule has 1 saturated carbocycles. The molecule has 1 aliphatic rings. The van der Waals surface area contributed by atoms with Gasteiger partial charge in [0.05, 0.1) is 12.1 Å². The number of benzene rings is 2. The third-order valence-corrected chi connectivity index (χ3v) is 4.39. The summed E-state index contributed by atoms with van der Waals surface area (Å²) in [6.45, 7) is 4.02. The molecule has 2 aromatic carbocycles. The highest BCUT2D eigenvalue weighted by Gasteiger charge is 2.38. The summed E-state index contributed by atoms with van der Waals surface area (Å²) in [5, 5.41) is 3.14. The Kier molecular flexibility index (Phi) is 5.09. The Balaban J connectivity index is 1.56. The van der Waals surface area contributed by atoms with Gasteiger partial charge in [0, 0.05) is 16.1 Å². The van der Waals surface area contributed by atoms with Crippen LogP contribution in [-0.4, -0.2) is 18.1 Å². The Morgan fingerprint density at radius 1 is 1.17 bits per heavy atom. The van der Waals surface area contributed by atoms with Crippen LogP contribution in [-0.2, 0) is 0 Å². The van der Waals surface area contributed by atoms with Crippen molar-refractivity contribution in [2.45, 2.75) is 38.3 Å². The topological polar surface area (TPSA) is 59.6 Å². The van der Waals surface area contributed by atoms with E-state index in [-0.39, 0.29) is 12.1 Å². The van der Waals surface area contributed by atoms with Gasteiger partial charge in [0.1, 0.15) is 5.75 Å². The average Bonchev–Trinajstić information content (AvgIpc) is 3.28. The minimum Gasteiger partial charge on any atom is -0.491 e. The van der Waals surface area contributed by atoms with E-state index in [0.29, 0.717) is 11.9 Å². The van der Waals surface area contributed by atoms with E-state index >= 15 is 0 Å². The van der Waals surface area contributed by atoms with Crippen LogP contribution >= 0.6 is 15.9 Å². The second-order valence-electron chi connectivity index (χ2n) is 6.29. The van der Waals surface area contributed by atoms with Crippen molar-refractivity contribution in [3.05, 3.63) is 58.6 Å². The van der Waals surface area contributed by atoms with E-state index in [1.807, 2.05) is 38.1 Å². The van der Waals surface area contributed by atoms with Crippen molar-refractivity contribution in [1.82, 2.24) is 0 Å². The monoisotopic (exact) mass is 387 g/mol. The summed E-state index contributed by atoms with van der Waals surface area (Å²) in [4.78, 5) is 4.58. The first-order chi connectivity index (χ1) is 11.5. The van der Waals surface area contributed by atoms with Crippen molar-refractivity contribution >= 4 is 27.6 Å². The van der Waals surface area contributed by atoms with E-state index in [4.69, 9.17) is 10.5 Å². The summed E-state index contributed by atoms with van der Waals surface area (Å²) >= 11 is 3.46. The van der Waals surface area contributed by atoms with Gasteiger partial charge in [-0.25, -0.2) is 4.99 Å². The number of aliphatic imine (C=N–C) groups is 1. The number of nitrogens with zero attached hydrogens (tertiary/aromatic N) is 1. The van der Waals surface area contributed by atoms with Crippen LogP contribution in [0.25, 0.3) is 0 Å². The van der Waals surface area contributed by atoms with Crippen molar-refractivity contribution in [2.24, 2.45) is 10.7 Å². The van der Waals surface area contributed by atoms with Gasteiger partial charge in [-0.1, -0.05) is 28.1 Å². The van der Waals surface area contributed by atoms with Gasteiger partial charge in [-0.05, 0) is 62.2 Å². The molecule has 3 N–H and O–H groups in total. The molecule has 0 aromatic heterocycles. The lowest BCUT2D eigenvalue weighted by atomic mass is 10.1. The lowest BCUT2D eigenvalue weighted by Gasteiger charge is -2.11. The van der Waals surface area contributed by atoms with Gasteiger partial charge in [-0.2, -0.15) is 0 Å².